The molecule has 116 valence electrons. The van der Waals surface area contributed by atoms with Gasteiger partial charge in [-0.05, 0) is 42.8 Å². The molecule has 1 aromatic carbocycles. The van der Waals surface area contributed by atoms with Crippen molar-refractivity contribution >= 4 is 41.2 Å². The number of furan rings is 1. The minimum absolute atomic E-state index is 0.195. The number of anilines is 1. The van der Waals surface area contributed by atoms with Crippen LogP contribution in [0, 0.1) is 6.92 Å². The second-order valence-corrected chi connectivity index (χ2v) is 5.26. The molecule has 1 saturated heterocycles. The van der Waals surface area contributed by atoms with Crippen molar-refractivity contribution in [3.63, 3.8) is 0 Å². The van der Waals surface area contributed by atoms with Crippen LogP contribution in [0.1, 0.15) is 11.3 Å². The third-order valence-electron chi connectivity index (χ3n) is 3.41. The van der Waals surface area contributed by atoms with E-state index >= 15 is 0 Å². The quantitative estimate of drug-likeness (QED) is 0.678. The van der Waals surface area contributed by atoms with Gasteiger partial charge in [0, 0.05) is 5.02 Å². The molecule has 1 aliphatic heterocycles. The van der Waals surface area contributed by atoms with Gasteiger partial charge in [0.25, 0.3) is 11.8 Å². The number of barbiturate groups is 1. The van der Waals surface area contributed by atoms with Crippen LogP contribution in [0.15, 0.2) is 46.6 Å². The molecule has 0 atom stereocenters. The number of carbonyl (C=O) groups excluding carboxylic acids is 3. The Hall–Kier alpha value is -2.86. The third-order valence-corrected chi connectivity index (χ3v) is 3.82. The van der Waals surface area contributed by atoms with Gasteiger partial charge in [0.05, 0.1) is 12.0 Å². The Kier molecular flexibility index (Phi) is 3.75. The molecule has 4 amide bonds. The number of halogens is 1. The van der Waals surface area contributed by atoms with Crippen LogP contribution in [-0.2, 0) is 9.59 Å². The van der Waals surface area contributed by atoms with E-state index in [-0.39, 0.29) is 5.57 Å². The summed E-state index contributed by atoms with van der Waals surface area (Å²) in [4.78, 5) is 37.6. The van der Waals surface area contributed by atoms with Gasteiger partial charge in [-0.2, -0.15) is 0 Å². The summed E-state index contributed by atoms with van der Waals surface area (Å²) in [5.41, 5.74) is 0.682. The molecule has 0 bridgehead atoms. The van der Waals surface area contributed by atoms with Crippen molar-refractivity contribution in [3.05, 3.63) is 58.5 Å². The van der Waals surface area contributed by atoms with Crippen LogP contribution in [0.4, 0.5) is 10.5 Å². The molecule has 7 heteroatoms. The monoisotopic (exact) mass is 330 g/mol. The molecule has 0 saturated carbocycles. The van der Waals surface area contributed by atoms with Crippen molar-refractivity contribution in [2.75, 3.05) is 4.90 Å². The molecule has 2 heterocycles. The van der Waals surface area contributed by atoms with Crippen molar-refractivity contribution in [1.29, 1.82) is 0 Å². The highest BCUT2D eigenvalue weighted by molar-refractivity contribution is 6.39. The summed E-state index contributed by atoms with van der Waals surface area (Å²) in [5, 5.41) is 2.56. The second-order valence-electron chi connectivity index (χ2n) is 4.86. The summed E-state index contributed by atoms with van der Waals surface area (Å²) in [6.07, 6.45) is 2.71. The highest BCUT2D eigenvalue weighted by Crippen LogP contribution is 2.29. The maximum atomic E-state index is 12.6. The average Bonchev–Trinajstić information content (AvgIpc) is 3.01. The molecule has 1 fully saturated rings. The topological polar surface area (TPSA) is 79.6 Å². The molecule has 1 aromatic heterocycles. The number of nitrogens with one attached hydrogen (secondary N) is 1. The SMILES string of the molecule is Cc1c(Cl)cccc1N1C(=O)NC(=O)/C(=C\c2ccco2)C1=O. The van der Waals surface area contributed by atoms with Gasteiger partial charge in [-0.1, -0.05) is 17.7 Å². The van der Waals surface area contributed by atoms with Crippen molar-refractivity contribution in [1.82, 2.24) is 5.32 Å². The van der Waals surface area contributed by atoms with Gasteiger partial charge >= 0.3 is 6.03 Å². The average molecular weight is 331 g/mol. The molecule has 23 heavy (non-hydrogen) atoms. The summed E-state index contributed by atoms with van der Waals surface area (Å²) in [7, 11) is 0. The maximum Gasteiger partial charge on any atom is 0.335 e. The fraction of sp³-hybridized carbons (Fsp3) is 0.0625. The van der Waals surface area contributed by atoms with E-state index in [1.54, 1.807) is 37.3 Å². The fourth-order valence-corrected chi connectivity index (χ4v) is 2.40. The zero-order valence-corrected chi connectivity index (χ0v) is 12.8. The normalized spacial score (nSPS) is 16.9. The number of hydrogen-bond acceptors (Lipinski definition) is 4. The van der Waals surface area contributed by atoms with Gasteiger partial charge in [-0.3, -0.25) is 14.9 Å². The molecule has 0 radical (unpaired) electrons. The lowest BCUT2D eigenvalue weighted by molar-refractivity contribution is -0.122. The Morgan fingerprint density at radius 2 is 1.96 bits per heavy atom. The van der Waals surface area contributed by atoms with Gasteiger partial charge in [0.1, 0.15) is 11.3 Å². The highest BCUT2D eigenvalue weighted by Gasteiger charge is 2.37. The van der Waals surface area contributed by atoms with Crippen LogP contribution in [0.2, 0.25) is 5.02 Å². The molecule has 3 rings (SSSR count). The van der Waals surface area contributed by atoms with E-state index in [0.717, 1.165) is 4.90 Å². The van der Waals surface area contributed by atoms with Gasteiger partial charge in [-0.25, -0.2) is 9.69 Å². The molecule has 0 unspecified atom stereocenters. The molecule has 1 N–H and O–H groups in total. The van der Waals surface area contributed by atoms with Crippen LogP contribution in [-0.4, -0.2) is 17.8 Å². The minimum Gasteiger partial charge on any atom is -0.465 e. The highest BCUT2D eigenvalue weighted by atomic mass is 35.5. The number of imide groups is 2. The standard InChI is InChI=1S/C16H11ClN2O4/c1-9-12(17)5-2-6-13(9)19-15(21)11(14(20)18-16(19)22)8-10-4-3-7-23-10/h2-8H,1H3,(H,18,20,22)/b11-8+. The molecule has 2 aromatic rings. The van der Waals surface area contributed by atoms with Gasteiger partial charge < -0.3 is 4.42 Å². The van der Waals surface area contributed by atoms with E-state index in [9.17, 15) is 14.4 Å². The summed E-state index contributed by atoms with van der Waals surface area (Å²) in [6, 6.07) is 7.26. The molecule has 0 aliphatic carbocycles. The predicted molar refractivity (Wildman–Crippen MR) is 83.9 cm³/mol. The number of amides is 4. The third kappa shape index (κ3) is 2.64. The van der Waals surface area contributed by atoms with E-state index in [2.05, 4.69) is 5.32 Å². The maximum absolute atomic E-state index is 12.6. The van der Waals surface area contributed by atoms with E-state index < -0.39 is 17.8 Å². The Morgan fingerprint density at radius 3 is 2.65 bits per heavy atom. The number of urea groups is 1. The Balaban J connectivity index is 2.07. The Labute approximate surface area is 136 Å². The number of nitrogens with zero attached hydrogens (tertiary/aromatic N) is 1. The van der Waals surface area contributed by atoms with Crippen LogP contribution in [0.3, 0.4) is 0 Å². The van der Waals surface area contributed by atoms with Crippen molar-refractivity contribution < 1.29 is 18.8 Å². The zero-order valence-electron chi connectivity index (χ0n) is 12.0. The Morgan fingerprint density at radius 1 is 1.17 bits per heavy atom. The molecular formula is C16H11ClN2O4. The summed E-state index contributed by atoms with van der Waals surface area (Å²) < 4.78 is 5.11. The number of rotatable bonds is 2. The van der Waals surface area contributed by atoms with E-state index in [1.165, 1.54) is 12.3 Å². The van der Waals surface area contributed by atoms with Gasteiger partial charge in [0.2, 0.25) is 0 Å². The van der Waals surface area contributed by atoms with Crippen molar-refractivity contribution in [3.8, 4) is 0 Å². The van der Waals surface area contributed by atoms with Crippen molar-refractivity contribution in [2.24, 2.45) is 0 Å². The van der Waals surface area contributed by atoms with Crippen LogP contribution >= 0.6 is 11.6 Å². The minimum atomic E-state index is -0.818. The largest absolute Gasteiger partial charge is 0.465 e. The van der Waals surface area contributed by atoms with Crippen LogP contribution < -0.4 is 10.2 Å². The number of benzene rings is 1. The fourth-order valence-electron chi connectivity index (χ4n) is 2.23. The second kappa shape index (κ2) is 5.73. The zero-order chi connectivity index (χ0) is 16.6. The van der Waals surface area contributed by atoms with E-state index in [1.807, 2.05) is 0 Å². The number of hydrogen-bond donors (Lipinski definition) is 1. The summed E-state index contributed by atoms with van der Waals surface area (Å²) in [6.45, 7) is 1.69. The lowest BCUT2D eigenvalue weighted by atomic mass is 10.1. The molecule has 6 nitrogen and oxygen atoms in total. The van der Waals surface area contributed by atoms with E-state index in [0.29, 0.717) is 22.0 Å². The Bertz CT molecular complexity index is 840. The summed E-state index contributed by atoms with van der Waals surface area (Å²) >= 11 is 6.04. The molecule has 1 aliphatic rings. The first-order valence-corrected chi connectivity index (χ1v) is 7.07. The van der Waals surface area contributed by atoms with Crippen LogP contribution in [0.5, 0.6) is 0 Å². The first-order valence-electron chi connectivity index (χ1n) is 6.69. The molecular weight excluding hydrogens is 320 g/mol. The van der Waals surface area contributed by atoms with E-state index in [4.69, 9.17) is 16.0 Å². The van der Waals surface area contributed by atoms with Crippen molar-refractivity contribution in [2.45, 2.75) is 6.92 Å². The first kappa shape index (κ1) is 15.1. The number of carbonyl (C=O) groups is 3. The van der Waals surface area contributed by atoms with Gasteiger partial charge in [0.15, 0.2) is 0 Å². The summed E-state index contributed by atoms with van der Waals surface area (Å²) in [5.74, 6) is -1.17. The predicted octanol–water partition coefficient (Wildman–Crippen LogP) is 2.91. The lowest BCUT2D eigenvalue weighted by Gasteiger charge is -2.27. The first-order chi connectivity index (χ1) is 11.0. The van der Waals surface area contributed by atoms with Crippen LogP contribution in [0.25, 0.3) is 6.08 Å². The molecule has 0 spiro atoms. The lowest BCUT2D eigenvalue weighted by Crippen LogP contribution is -2.54. The smallest absolute Gasteiger partial charge is 0.335 e. The van der Waals surface area contributed by atoms with Gasteiger partial charge in [-0.15, -0.1) is 0 Å².